The van der Waals surface area contributed by atoms with Gasteiger partial charge in [0, 0.05) is 17.7 Å². The summed E-state index contributed by atoms with van der Waals surface area (Å²) in [7, 11) is 1.76. The molecule has 0 amide bonds. The van der Waals surface area contributed by atoms with Crippen molar-refractivity contribution in [2.45, 2.75) is 24.8 Å². The van der Waals surface area contributed by atoms with Crippen LogP contribution in [-0.4, -0.2) is 9.55 Å². The first kappa shape index (κ1) is 15.8. The number of thiophene rings is 1. The molecule has 3 rings (SSSR count). The van der Waals surface area contributed by atoms with Crippen LogP contribution in [-0.2, 0) is 12.8 Å². The molecule has 2 aromatic heterocycles. The van der Waals surface area contributed by atoms with Gasteiger partial charge in [-0.3, -0.25) is 9.36 Å². The lowest BCUT2D eigenvalue weighted by molar-refractivity contribution is 0.727. The van der Waals surface area contributed by atoms with E-state index in [1.54, 1.807) is 29.0 Å². The van der Waals surface area contributed by atoms with Crippen LogP contribution in [0.1, 0.15) is 21.6 Å². The van der Waals surface area contributed by atoms with Gasteiger partial charge in [0.05, 0.1) is 17.0 Å². The van der Waals surface area contributed by atoms with E-state index in [9.17, 15) is 4.79 Å². The second kappa shape index (κ2) is 6.19. The third-order valence-electron chi connectivity index (χ3n) is 3.79. The topological polar surface area (TPSA) is 58.7 Å². The first-order chi connectivity index (χ1) is 11.0. The Hall–Kier alpha value is -2.10. The zero-order valence-electron chi connectivity index (χ0n) is 13.1. The number of nitrogens with zero attached hydrogens (tertiary/aromatic N) is 3. The number of benzene rings is 1. The van der Waals surface area contributed by atoms with E-state index < -0.39 is 0 Å². The minimum Gasteiger partial charge on any atom is -0.290 e. The van der Waals surface area contributed by atoms with E-state index in [4.69, 9.17) is 5.26 Å². The first-order valence-electron chi connectivity index (χ1n) is 7.10. The Balaban J connectivity index is 1.96. The van der Waals surface area contributed by atoms with Crippen molar-refractivity contribution in [3.63, 3.8) is 0 Å². The number of hydrogen-bond acceptors (Lipinski definition) is 5. The average molecular weight is 341 g/mol. The normalized spacial score (nSPS) is 10.9. The molecule has 0 aliphatic heterocycles. The Morgan fingerprint density at radius 1 is 1.39 bits per heavy atom. The first-order valence-corrected chi connectivity index (χ1v) is 8.90. The summed E-state index contributed by atoms with van der Waals surface area (Å²) in [6.45, 7) is 3.98. The summed E-state index contributed by atoms with van der Waals surface area (Å²) in [5, 5.41) is 10.4. The van der Waals surface area contributed by atoms with Crippen LogP contribution in [0.4, 0.5) is 0 Å². The van der Waals surface area contributed by atoms with Gasteiger partial charge in [-0.1, -0.05) is 23.9 Å². The summed E-state index contributed by atoms with van der Waals surface area (Å²) in [4.78, 5) is 19.2. The van der Waals surface area contributed by atoms with Crippen LogP contribution in [0.15, 0.2) is 34.2 Å². The monoisotopic (exact) mass is 341 g/mol. The average Bonchev–Trinajstić information content (AvgIpc) is 2.84. The van der Waals surface area contributed by atoms with Crippen LogP contribution < -0.4 is 5.56 Å². The maximum Gasteiger partial charge on any atom is 0.262 e. The molecule has 0 saturated carbocycles. The minimum absolute atomic E-state index is 0.00475. The molecule has 0 N–H and O–H groups in total. The Kier molecular flexibility index (Phi) is 4.24. The van der Waals surface area contributed by atoms with E-state index in [1.165, 1.54) is 11.8 Å². The highest BCUT2D eigenvalue weighted by atomic mass is 32.2. The van der Waals surface area contributed by atoms with Gasteiger partial charge in [0.15, 0.2) is 5.16 Å². The van der Waals surface area contributed by atoms with E-state index in [1.807, 2.05) is 32.0 Å². The van der Waals surface area contributed by atoms with Crippen LogP contribution >= 0.6 is 23.1 Å². The van der Waals surface area contributed by atoms with E-state index in [0.717, 1.165) is 26.2 Å². The Morgan fingerprint density at radius 3 is 2.91 bits per heavy atom. The summed E-state index contributed by atoms with van der Waals surface area (Å²) in [6.07, 6.45) is 0. The van der Waals surface area contributed by atoms with Crippen molar-refractivity contribution in [3.8, 4) is 6.07 Å². The SMILES string of the molecule is Cc1sc2nc(SCc3cccc(C#N)c3)n(C)c(=O)c2c1C. The van der Waals surface area contributed by atoms with Crippen LogP contribution in [0.5, 0.6) is 0 Å². The van der Waals surface area contributed by atoms with Gasteiger partial charge in [0.1, 0.15) is 4.83 Å². The molecule has 0 atom stereocenters. The molecule has 0 radical (unpaired) electrons. The van der Waals surface area contributed by atoms with Gasteiger partial charge in [0.25, 0.3) is 5.56 Å². The number of aromatic nitrogens is 2. The number of aryl methyl sites for hydroxylation is 2. The summed E-state index contributed by atoms with van der Waals surface area (Å²) < 4.78 is 1.61. The van der Waals surface area contributed by atoms with Crippen LogP contribution in [0.2, 0.25) is 0 Å². The highest BCUT2D eigenvalue weighted by Crippen LogP contribution is 2.29. The highest BCUT2D eigenvalue weighted by molar-refractivity contribution is 7.98. The van der Waals surface area contributed by atoms with Crippen molar-refractivity contribution in [1.29, 1.82) is 5.26 Å². The molecule has 23 heavy (non-hydrogen) atoms. The third kappa shape index (κ3) is 2.90. The predicted octanol–water partition coefficient (Wildman–Crippen LogP) is 3.78. The number of fused-ring (bicyclic) bond motifs is 1. The lowest BCUT2D eigenvalue weighted by atomic mass is 10.2. The molecular formula is C17H15N3OS2. The second-order valence-electron chi connectivity index (χ2n) is 5.32. The summed E-state index contributed by atoms with van der Waals surface area (Å²) in [6, 6.07) is 9.64. The molecule has 0 spiro atoms. The molecule has 1 aromatic carbocycles. The van der Waals surface area contributed by atoms with Crippen molar-refractivity contribution in [1.82, 2.24) is 9.55 Å². The van der Waals surface area contributed by atoms with Crippen molar-refractivity contribution < 1.29 is 0 Å². The van der Waals surface area contributed by atoms with Gasteiger partial charge in [-0.15, -0.1) is 11.3 Å². The fourth-order valence-corrected chi connectivity index (χ4v) is 4.35. The Morgan fingerprint density at radius 2 is 2.17 bits per heavy atom. The molecule has 0 unspecified atom stereocenters. The van der Waals surface area contributed by atoms with E-state index in [0.29, 0.717) is 16.5 Å². The zero-order valence-corrected chi connectivity index (χ0v) is 14.7. The molecule has 116 valence electrons. The molecule has 0 fully saturated rings. The smallest absolute Gasteiger partial charge is 0.262 e. The van der Waals surface area contributed by atoms with Crippen molar-refractivity contribution in [3.05, 3.63) is 56.2 Å². The van der Waals surface area contributed by atoms with Crippen molar-refractivity contribution in [2.24, 2.45) is 7.05 Å². The van der Waals surface area contributed by atoms with Gasteiger partial charge in [0.2, 0.25) is 0 Å². The number of hydrogen-bond donors (Lipinski definition) is 0. The Bertz CT molecular complexity index is 995. The molecule has 0 saturated heterocycles. The van der Waals surface area contributed by atoms with Crippen LogP contribution in [0, 0.1) is 25.2 Å². The third-order valence-corrected chi connectivity index (χ3v) is 6.00. The van der Waals surface area contributed by atoms with Crippen molar-refractivity contribution in [2.75, 3.05) is 0 Å². The quantitative estimate of drug-likeness (QED) is 0.537. The molecule has 4 nitrogen and oxygen atoms in total. The molecular weight excluding hydrogens is 326 g/mol. The predicted molar refractivity (Wildman–Crippen MR) is 95.1 cm³/mol. The largest absolute Gasteiger partial charge is 0.290 e. The number of thioether (sulfide) groups is 1. The summed E-state index contributed by atoms with van der Waals surface area (Å²) in [5.74, 6) is 0.671. The highest BCUT2D eigenvalue weighted by Gasteiger charge is 2.14. The molecule has 0 aliphatic rings. The maximum atomic E-state index is 12.6. The van der Waals surface area contributed by atoms with E-state index in [2.05, 4.69) is 11.1 Å². The number of nitriles is 1. The molecule has 2 heterocycles. The number of rotatable bonds is 3. The summed E-state index contributed by atoms with van der Waals surface area (Å²) >= 11 is 3.08. The van der Waals surface area contributed by atoms with Gasteiger partial charge >= 0.3 is 0 Å². The fraction of sp³-hybridized carbons (Fsp3) is 0.235. The van der Waals surface area contributed by atoms with Gasteiger partial charge in [-0.05, 0) is 37.1 Å². The molecule has 3 aromatic rings. The summed E-state index contributed by atoms with van der Waals surface area (Å²) in [5.41, 5.74) is 2.72. The van der Waals surface area contributed by atoms with E-state index in [-0.39, 0.29) is 5.56 Å². The zero-order chi connectivity index (χ0) is 16.6. The van der Waals surface area contributed by atoms with Gasteiger partial charge in [-0.25, -0.2) is 4.98 Å². The minimum atomic E-state index is 0.00475. The lowest BCUT2D eigenvalue weighted by Crippen LogP contribution is -2.19. The van der Waals surface area contributed by atoms with E-state index >= 15 is 0 Å². The second-order valence-corrected chi connectivity index (χ2v) is 7.47. The standard InChI is InChI=1S/C17H15N3OS2/c1-10-11(2)23-15-14(10)16(21)20(3)17(19-15)22-9-13-6-4-5-12(7-13)8-18/h4-7H,9H2,1-3H3. The fourth-order valence-electron chi connectivity index (χ4n) is 2.36. The maximum absolute atomic E-state index is 12.6. The van der Waals surface area contributed by atoms with Crippen molar-refractivity contribution >= 4 is 33.3 Å². The molecule has 6 heteroatoms. The van der Waals surface area contributed by atoms with Crippen LogP contribution in [0.25, 0.3) is 10.2 Å². The Labute approximate surface area is 142 Å². The molecule has 0 bridgehead atoms. The molecule has 0 aliphatic carbocycles. The van der Waals surface area contributed by atoms with Gasteiger partial charge in [-0.2, -0.15) is 5.26 Å². The van der Waals surface area contributed by atoms with Gasteiger partial charge < -0.3 is 0 Å². The van der Waals surface area contributed by atoms with Crippen LogP contribution in [0.3, 0.4) is 0 Å². The lowest BCUT2D eigenvalue weighted by Gasteiger charge is -2.07.